The van der Waals surface area contributed by atoms with Crippen LogP contribution in [0.25, 0.3) is 0 Å². The molecule has 0 aliphatic carbocycles. The second-order valence-electron chi connectivity index (χ2n) is 7.17. The SMILES string of the molecule is O=C(N[C@H](Cc1ccccc1)[C@@H](O)C(=O)O)c1cc(C(=O)O)n(Cc2ccc(Cl)cc2F)n1. The molecule has 1 aromatic heterocycles. The van der Waals surface area contributed by atoms with Gasteiger partial charge in [0.1, 0.15) is 11.5 Å². The van der Waals surface area contributed by atoms with Crippen LogP contribution in [-0.2, 0) is 17.8 Å². The molecule has 2 atom stereocenters. The molecule has 3 rings (SSSR count). The first kappa shape index (κ1) is 23.9. The number of benzene rings is 2. The van der Waals surface area contributed by atoms with Crippen LogP contribution in [0, 0.1) is 5.82 Å². The van der Waals surface area contributed by atoms with E-state index in [1.165, 1.54) is 12.1 Å². The van der Waals surface area contributed by atoms with Crippen LogP contribution < -0.4 is 5.32 Å². The Kier molecular flexibility index (Phi) is 7.41. The lowest BCUT2D eigenvalue weighted by molar-refractivity contribution is -0.148. The number of amides is 1. The van der Waals surface area contributed by atoms with Crippen LogP contribution in [0.4, 0.5) is 4.39 Å². The smallest absolute Gasteiger partial charge is 0.354 e. The van der Waals surface area contributed by atoms with Crippen molar-refractivity contribution < 1.29 is 34.1 Å². The third-order valence-electron chi connectivity index (χ3n) is 4.82. The van der Waals surface area contributed by atoms with E-state index in [0.717, 1.165) is 16.8 Å². The number of halogens is 2. The van der Waals surface area contributed by atoms with Gasteiger partial charge in [-0.05, 0) is 24.1 Å². The van der Waals surface area contributed by atoms with Crippen molar-refractivity contribution >= 4 is 29.4 Å². The molecule has 1 amide bonds. The van der Waals surface area contributed by atoms with E-state index >= 15 is 0 Å². The normalized spacial score (nSPS) is 12.7. The quantitative estimate of drug-likeness (QED) is 0.371. The summed E-state index contributed by atoms with van der Waals surface area (Å²) in [6.45, 7) is -0.289. The predicted molar refractivity (Wildman–Crippen MR) is 115 cm³/mol. The largest absolute Gasteiger partial charge is 0.479 e. The minimum atomic E-state index is -1.92. The van der Waals surface area contributed by atoms with Crippen LogP contribution in [0.15, 0.2) is 54.6 Å². The highest BCUT2D eigenvalue weighted by atomic mass is 35.5. The summed E-state index contributed by atoms with van der Waals surface area (Å²) in [5, 5.41) is 35.2. The molecule has 11 heteroatoms. The molecule has 0 spiro atoms. The van der Waals surface area contributed by atoms with Crippen LogP contribution >= 0.6 is 11.6 Å². The number of carbonyl (C=O) groups excluding carboxylic acids is 1. The van der Waals surface area contributed by atoms with Crippen molar-refractivity contribution in [3.63, 3.8) is 0 Å². The topological polar surface area (TPSA) is 142 Å². The second kappa shape index (κ2) is 10.2. The van der Waals surface area contributed by atoms with Crippen LogP contribution in [0.3, 0.4) is 0 Å². The Bertz CT molecular complexity index is 1180. The molecule has 33 heavy (non-hydrogen) atoms. The van der Waals surface area contributed by atoms with Crippen LogP contribution in [0.5, 0.6) is 0 Å². The first-order valence-corrected chi connectivity index (χ1v) is 10.0. The molecule has 172 valence electrons. The average molecular weight is 476 g/mol. The molecule has 0 aliphatic rings. The van der Waals surface area contributed by atoms with E-state index in [0.29, 0.717) is 5.56 Å². The van der Waals surface area contributed by atoms with Crippen molar-refractivity contribution in [1.82, 2.24) is 15.1 Å². The van der Waals surface area contributed by atoms with Crippen LogP contribution in [0.2, 0.25) is 5.02 Å². The number of hydrogen-bond donors (Lipinski definition) is 4. The van der Waals surface area contributed by atoms with E-state index in [1.807, 2.05) is 0 Å². The van der Waals surface area contributed by atoms with Gasteiger partial charge >= 0.3 is 11.9 Å². The molecule has 0 fully saturated rings. The number of hydrogen-bond acceptors (Lipinski definition) is 5. The molecule has 0 saturated carbocycles. The van der Waals surface area contributed by atoms with Gasteiger partial charge in [-0.25, -0.2) is 14.0 Å². The van der Waals surface area contributed by atoms with Crippen molar-refractivity contribution in [2.24, 2.45) is 0 Å². The number of carboxylic acid groups (broad SMARTS) is 2. The summed E-state index contributed by atoms with van der Waals surface area (Å²) >= 11 is 5.73. The molecule has 0 bridgehead atoms. The number of rotatable bonds is 9. The first-order chi connectivity index (χ1) is 15.7. The van der Waals surface area contributed by atoms with E-state index in [-0.39, 0.29) is 34.9 Å². The van der Waals surface area contributed by atoms with Crippen LogP contribution in [0.1, 0.15) is 32.1 Å². The highest BCUT2D eigenvalue weighted by Crippen LogP contribution is 2.17. The Morgan fingerprint density at radius 1 is 1.09 bits per heavy atom. The summed E-state index contributed by atoms with van der Waals surface area (Å²) in [7, 11) is 0. The number of aromatic carboxylic acids is 1. The molecule has 4 N–H and O–H groups in total. The number of aliphatic hydroxyl groups excluding tert-OH is 1. The number of carboxylic acids is 2. The molecule has 3 aromatic rings. The second-order valence-corrected chi connectivity index (χ2v) is 7.60. The highest BCUT2D eigenvalue weighted by molar-refractivity contribution is 6.30. The maximum Gasteiger partial charge on any atom is 0.354 e. The Labute approximate surface area is 192 Å². The molecular weight excluding hydrogens is 457 g/mol. The minimum absolute atomic E-state index is 0.00251. The fraction of sp³-hybridized carbons (Fsp3) is 0.182. The molecule has 0 radical (unpaired) electrons. The number of aliphatic hydroxyl groups is 1. The van der Waals surface area contributed by atoms with Gasteiger partial charge in [-0.1, -0.05) is 48.0 Å². The van der Waals surface area contributed by atoms with E-state index < -0.39 is 35.8 Å². The zero-order valence-electron chi connectivity index (χ0n) is 17.0. The maximum atomic E-state index is 14.1. The molecule has 0 unspecified atom stereocenters. The number of aromatic nitrogens is 2. The van der Waals surface area contributed by atoms with Crippen molar-refractivity contribution in [3.05, 3.63) is 88.0 Å². The Morgan fingerprint density at radius 3 is 2.39 bits per heavy atom. The number of aliphatic carboxylic acids is 1. The van der Waals surface area contributed by atoms with Gasteiger partial charge in [-0.2, -0.15) is 5.10 Å². The van der Waals surface area contributed by atoms with Gasteiger partial charge in [0.05, 0.1) is 12.6 Å². The van der Waals surface area contributed by atoms with Gasteiger partial charge in [-0.3, -0.25) is 9.48 Å². The number of nitrogens with zero attached hydrogens (tertiary/aromatic N) is 2. The summed E-state index contributed by atoms with van der Waals surface area (Å²) in [6, 6.07) is 12.2. The van der Waals surface area contributed by atoms with E-state index in [2.05, 4.69) is 10.4 Å². The van der Waals surface area contributed by atoms with E-state index in [4.69, 9.17) is 11.6 Å². The molecule has 2 aromatic carbocycles. The third kappa shape index (κ3) is 5.93. The fourth-order valence-electron chi connectivity index (χ4n) is 3.16. The molecule has 0 aliphatic heterocycles. The lowest BCUT2D eigenvalue weighted by atomic mass is 10.0. The van der Waals surface area contributed by atoms with Gasteiger partial charge in [0.25, 0.3) is 5.91 Å². The number of nitrogens with one attached hydrogen (secondary N) is 1. The fourth-order valence-corrected chi connectivity index (χ4v) is 3.31. The monoisotopic (exact) mass is 475 g/mol. The van der Waals surface area contributed by atoms with Gasteiger partial charge in [0.15, 0.2) is 11.8 Å². The third-order valence-corrected chi connectivity index (χ3v) is 5.05. The summed E-state index contributed by atoms with van der Waals surface area (Å²) in [4.78, 5) is 35.7. The number of carbonyl (C=O) groups is 3. The zero-order valence-corrected chi connectivity index (χ0v) is 17.7. The molecule has 0 saturated heterocycles. The van der Waals surface area contributed by atoms with E-state index in [1.54, 1.807) is 30.3 Å². The van der Waals surface area contributed by atoms with E-state index in [9.17, 15) is 34.1 Å². The molecule has 1 heterocycles. The van der Waals surface area contributed by atoms with Crippen molar-refractivity contribution in [2.75, 3.05) is 0 Å². The average Bonchev–Trinajstić information content (AvgIpc) is 3.20. The Hall–Kier alpha value is -3.76. The zero-order chi connectivity index (χ0) is 24.1. The minimum Gasteiger partial charge on any atom is -0.479 e. The Morgan fingerprint density at radius 2 is 1.79 bits per heavy atom. The van der Waals surface area contributed by atoms with Gasteiger partial charge in [-0.15, -0.1) is 0 Å². The summed E-state index contributed by atoms with van der Waals surface area (Å²) in [6.07, 6.45) is -1.92. The van der Waals surface area contributed by atoms with Gasteiger partial charge in [0.2, 0.25) is 0 Å². The van der Waals surface area contributed by atoms with Crippen molar-refractivity contribution in [2.45, 2.75) is 25.1 Å². The lowest BCUT2D eigenvalue weighted by Gasteiger charge is -2.21. The van der Waals surface area contributed by atoms with Gasteiger partial charge < -0.3 is 20.6 Å². The lowest BCUT2D eigenvalue weighted by Crippen LogP contribution is -2.48. The predicted octanol–water partition coefficient (Wildman–Crippen LogP) is 2.21. The standard InChI is InChI=1S/C22H19ClFN3O6/c23-14-7-6-13(15(24)9-14)11-27-18(21(30)31)10-17(26-27)20(29)25-16(19(28)22(32)33)8-12-4-2-1-3-5-12/h1-7,9-10,16,19,28H,8,11H2,(H,25,29)(H,30,31)(H,32,33)/t16-,19-/m1/s1. The van der Waals surface area contributed by atoms with Gasteiger partial charge in [0, 0.05) is 16.7 Å². The molecule has 9 nitrogen and oxygen atoms in total. The summed E-state index contributed by atoms with van der Waals surface area (Å²) in [5.74, 6) is -4.50. The van der Waals surface area contributed by atoms with Crippen LogP contribution in [-0.4, -0.2) is 55.1 Å². The summed E-state index contributed by atoms with van der Waals surface area (Å²) in [5.41, 5.74) is 0.0450. The van der Waals surface area contributed by atoms with Crippen molar-refractivity contribution in [1.29, 1.82) is 0 Å². The van der Waals surface area contributed by atoms with Crippen molar-refractivity contribution in [3.8, 4) is 0 Å². The Balaban J connectivity index is 1.86. The molecular formula is C22H19ClFN3O6. The summed E-state index contributed by atoms with van der Waals surface area (Å²) < 4.78 is 15.1. The first-order valence-electron chi connectivity index (χ1n) is 9.66. The maximum absolute atomic E-state index is 14.1. The highest BCUT2D eigenvalue weighted by Gasteiger charge is 2.29.